The van der Waals surface area contributed by atoms with Gasteiger partial charge in [-0.05, 0) is 19.9 Å². The molecule has 0 aliphatic heterocycles. The molecule has 0 saturated carbocycles. The third-order valence-electron chi connectivity index (χ3n) is 2.31. The first-order valence-corrected chi connectivity index (χ1v) is 4.99. The summed E-state index contributed by atoms with van der Waals surface area (Å²) in [5, 5.41) is 8.94. The molecule has 0 amide bonds. The SMILES string of the molecule is CCOC(=O)C(C)(N)c1ccccc1C#N. The van der Waals surface area contributed by atoms with Gasteiger partial charge in [-0.25, -0.2) is 4.79 Å². The zero-order chi connectivity index (χ0) is 12.2. The Bertz CT molecular complexity index is 433. The number of rotatable bonds is 3. The number of carbonyl (C=O) groups is 1. The van der Waals surface area contributed by atoms with Crippen LogP contribution >= 0.6 is 0 Å². The van der Waals surface area contributed by atoms with Gasteiger partial charge in [-0.15, -0.1) is 0 Å². The van der Waals surface area contributed by atoms with Crippen molar-refractivity contribution < 1.29 is 9.53 Å². The molecule has 4 nitrogen and oxygen atoms in total. The topological polar surface area (TPSA) is 76.1 Å². The fraction of sp³-hybridized carbons (Fsp3) is 0.333. The van der Waals surface area contributed by atoms with Crippen LogP contribution in [0.4, 0.5) is 0 Å². The Labute approximate surface area is 94.6 Å². The van der Waals surface area contributed by atoms with E-state index in [9.17, 15) is 4.79 Å². The van der Waals surface area contributed by atoms with E-state index < -0.39 is 11.5 Å². The first-order chi connectivity index (χ1) is 7.54. The van der Waals surface area contributed by atoms with Crippen molar-refractivity contribution in [1.82, 2.24) is 0 Å². The summed E-state index contributed by atoms with van der Waals surface area (Å²) in [6.45, 7) is 3.52. The van der Waals surface area contributed by atoms with Crippen LogP contribution in [0.2, 0.25) is 0 Å². The molecule has 1 rings (SSSR count). The Morgan fingerprint density at radius 1 is 1.56 bits per heavy atom. The highest BCUT2D eigenvalue weighted by Crippen LogP contribution is 2.22. The molecule has 2 N–H and O–H groups in total. The first kappa shape index (κ1) is 12.2. The zero-order valence-corrected chi connectivity index (χ0v) is 9.36. The molecule has 4 heteroatoms. The van der Waals surface area contributed by atoms with E-state index in [2.05, 4.69) is 0 Å². The Morgan fingerprint density at radius 3 is 2.75 bits per heavy atom. The van der Waals surface area contributed by atoms with Gasteiger partial charge in [0.05, 0.1) is 18.2 Å². The lowest BCUT2D eigenvalue weighted by molar-refractivity contribution is -0.149. The zero-order valence-electron chi connectivity index (χ0n) is 9.36. The fourth-order valence-electron chi connectivity index (χ4n) is 1.42. The maximum absolute atomic E-state index is 11.7. The second kappa shape index (κ2) is 4.77. The van der Waals surface area contributed by atoms with Crippen LogP contribution in [0.25, 0.3) is 0 Å². The number of ether oxygens (including phenoxy) is 1. The van der Waals surface area contributed by atoms with Crippen LogP contribution in [0, 0.1) is 11.3 Å². The minimum atomic E-state index is -1.29. The van der Waals surface area contributed by atoms with Crippen LogP contribution in [0.5, 0.6) is 0 Å². The molecule has 0 aliphatic rings. The summed E-state index contributed by atoms with van der Waals surface area (Å²) >= 11 is 0. The summed E-state index contributed by atoms with van der Waals surface area (Å²) in [6.07, 6.45) is 0. The molecular formula is C12H14N2O2. The number of carbonyl (C=O) groups excluding carboxylic acids is 1. The second-order valence-corrected chi connectivity index (χ2v) is 3.58. The van der Waals surface area contributed by atoms with Crippen molar-refractivity contribution >= 4 is 5.97 Å². The van der Waals surface area contributed by atoms with Crippen molar-refractivity contribution in [3.8, 4) is 6.07 Å². The number of nitrogens with two attached hydrogens (primary N) is 1. The van der Waals surface area contributed by atoms with E-state index in [1.54, 1.807) is 38.1 Å². The van der Waals surface area contributed by atoms with Crippen molar-refractivity contribution in [2.24, 2.45) is 5.73 Å². The highest BCUT2D eigenvalue weighted by atomic mass is 16.5. The number of hydrogen-bond donors (Lipinski definition) is 1. The van der Waals surface area contributed by atoms with Gasteiger partial charge in [0.2, 0.25) is 0 Å². The number of nitriles is 1. The number of hydrogen-bond acceptors (Lipinski definition) is 4. The predicted octanol–water partition coefficient (Wildman–Crippen LogP) is 1.30. The van der Waals surface area contributed by atoms with Gasteiger partial charge in [0, 0.05) is 5.56 Å². The predicted molar refractivity (Wildman–Crippen MR) is 59.3 cm³/mol. The monoisotopic (exact) mass is 218 g/mol. The Morgan fingerprint density at radius 2 is 2.19 bits per heavy atom. The van der Waals surface area contributed by atoms with Gasteiger partial charge >= 0.3 is 5.97 Å². The lowest BCUT2D eigenvalue weighted by atomic mass is 9.89. The Hall–Kier alpha value is -1.86. The first-order valence-electron chi connectivity index (χ1n) is 4.99. The number of esters is 1. The minimum Gasteiger partial charge on any atom is -0.464 e. The van der Waals surface area contributed by atoms with Gasteiger partial charge in [-0.3, -0.25) is 0 Å². The molecule has 1 aromatic carbocycles. The molecular weight excluding hydrogens is 204 g/mol. The molecule has 0 fully saturated rings. The van der Waals surface area contributed by atoms with E-state index in [1.165, 1.54) is 0 Å². The van der Waals surface area contributed by atoms with Crippen molar-refractivity contribution in [2.45, 2.75) is 19.4 Å². The highest BCUT2D eigenvalue weighted by Gasteiger charge is 2.34. The highest BCUT2D eigenvalue weighted by molar-refractivity contribution is 5.82. The molecule has 0 bridgehead atoms. The molecule has 0 aliphatic carbocycles. The van der Waals surface area contributed by atoms with Gasteiger partial charge in [-0.2, -0.15) is 5.26 Å². The van der Waals surface area contributed by atoms with Crippen LogP contribution in [0.15, 0.2) is 24.3 Å². The fourth-order valence-corrected chi connectivity index (χ4v) is 1.42. The van der Waals surface area contributed by atoms with Crippen molar-refractivity contribution in [2.75, 3.05) is 6.61 Å². The largest absolute Gasteiger partial charge is 0.464 e. The Kier molecular flexibility index (Phi) is 3.64. The lowest BCUT2D eigenvalue weighted by Gasteiger charge is -2.23. The molecule has 1 unspecified atom stereocenters. The standard InChI is InChI=1S/C12H14N2O2/c1-3-16-11(15)12(2,14)10-7-5-4-6-9(10)8-13/h4-7H,3,14H2,1-2H3. The summed E-state index contributed by atoms with van der Waals surface area (Å²) < 4.78 is 4.89. The van der Waals surface area contributed by atoms with Gasteiger partial charge < -0.3 is 10.5 Å². The van der Waals surface area contributed by atoms with Crippen LogP contribution in [-0.4, -0.2) is 12.6 Å². The van der Waals surface area contributed by atoms with Crippen LogP contribution < -0.4 is 5.73 Å². The van der Waals surface area contributed by atoms with E-state index in [-0.39, 0.29) is 6.61 Å². The third-order valence-corrected chi connectivity index (χ3v) is 2.31. The summed E-state index contributed by atoms with van der Waals surface area (Å²) in [6, 6.07) is 8.76. The summed E-state index contributed by atoms with van der Waals surface area (Å²) in [5.41, 5.74) is 5.50. The molecule has 1 aromatic rings. The summed E-state index contributed by atoms with van der Waals surface area (Å²) in [5.74, 6) is -0.530. The maximum atomic E-state index is 11.7. The van der Waals surface area contributed by atoms with E-state index in [0.29, 0.717) is 11.1 Å². The van der Waals surface area contributed by atoms with Crippen LogP contribution in [0.3, 0.4) is 0 Å². The smallest absolute Gasteiger partial charge is 0.330 e. The molecule has 0 saturated heterocycles. The van der Waals surface area contributed by atoms with E-state index in [0.717, 1.165) is 0 Å². The molecule has 0 radical (unpaired) electrons. The van der Waals surface area contributed by atoms with Crippen molar-refractivity contribution in [3.63, 3.8) is 0 Å². The molecule has 0 aromatic heterocycles. The minimum absolute atomic E-state index is 0.264. The van der Waals surface area contributed by atoms with Gasteiger partial charge in [-0.1, -0.05) is 18.2 Å². The van der Waals surface area contributed by atoms with Crippen LogP contribution in [0.1, 0.15) is 25.0 Å². The average Bonchev–Trinajstić information content (AvgIpc) is 2.29. The molecule has 0 spiro atoms. The van der Waals surface area contributed by atoms with Gasteiger partial charge in [0.1, 0.15) is 5.54 Å². The quantitative estimate of drug-likeness (QED) is 0.776. The van der Waals surface area contributed by atoms with E-state index >= 15 is 0 Å². The number of nitrogens with zero attached hydrogens (tertiary/aromatic N) is 1. The van der Waals surface area contributed by atoms with Crippen molar-refractivity contribution in [1.29, 1.82) is 5.26 Å². The third kappa shape index (κ3) is 2.20. The van der Waals surface area contributed by atoms with Gasteiger partial charge in [0.25, 0.3) is 0 Å². The molecule has 1 atom stereocenters. The number of benzene rings is 1. The van der Waals surface area contributed by atoms with Crippen LogP contribution in [-0.2, 0) is 15.1 Å². The normalized spacial score (nSPS) is 13.6. The molecule has 84 valence electrons. The lowest BCUT2D eigenvalue weighted by Crippen LogP contribution is -2.43. The van der Waals surface area contributed by atoms with E-state index in [1.807, 2.05) is 6.07 Å². The average molecular weight is 218 g/mol. The maximum Gasteiger partial charge on any atom is 0.330 e. The molecule has 0 heterocycles. The van der Waals surface area contributed by atoms with Gasteiger partial charge in [0.15, 0.2) is 0 Å². The Balaban J connectivity index is 3.17. The molecule has 16 heavy (non-hydrogen) atoms. The van der Waals surface area contributed by atoms with Crippen molar-refractivity contribution in [3.05, 3.63) is 35.4 Å². The second-order valence-electron chi connectivity index (χ2n) is 3.58. The van der Waals surface area contributed by atoms with E-state index in [4.69, 9.17) is 15.7 Å². The summed E-state index contributed by atoms with van der Waals surface area (Å²) in [4.78, 5) is 11.7. The summed E-state index contributed by atoms with van der Waals surface area (Å²) in [7, 11) is 0.